The molecule has 0 N–H and O–H groups in total. The summed E-state index contributed by atoms with van der Waals surface area (Å²) in [6, 6.07) is 0.227. The molecule has 0 aromatic heterocycles. The number of hydrogen-bond donors (Lipinski definition) is 0. The molecule has 68 valence electrons. The van der Waals surface area contributed by atoms with Gasteiger partial charge in [-0.05, 0) is 27.2 Å². The molecule has 0 bridgehead atoms. The van der Waals surface area contributed by atoms with Gasteiger partial charge in [-0.25, -0.2) is 0 Å². The topological polar surface area (TPSA) is 32.7 Å². The first-order valence-corrected chi connectivity index (χ1v) is 4.40. The predicted octanol–water partition coefficient (Wildman–Crippen LogP) is 1.43. The van der Waals surface area contributed by atoms with Gasteiger partial charge in [-0.15, -0.1) is 0 Å². The number of amides is 1. The van der Waals surface area contributed by atoms with Crippen LogP contribution in [0.4, 0.5) is 0 Å². The highest BCUT2D eigenvalue weighted by Gasteiger charge is 2.38. The van der Waals surface area contributed by atoms with E-state index in [0.29, 0.717) is 0 Å². The summed E-state index contributed by atoms with van der Waals surface area (Å²) in [4.78, 5) is 17.4. The van der Waals surface area contributed by atoms with Crippen molar-refractivity contribution in [2.24, 2.45) is 4.99 Å². The summed E-state index contributed by atoms with van der Waals surface area (Å²) in [6.45, 7) is 8.07. The molecule has 0 spiro atoms. The molecule has 0 aliphatic carbocycles. The Kier molecular flexibility index (Phi) is 2.22. The molecule has 1 unspecified atom stereocenters. The van der Waals surface area contributed by atoms with Crippen molar-refractivity contribution in [3.63, 3.8) is 0 Å². The van der Waals surface area contributed by atoms with E-state index >= 15 is 0 Å². The van der Waals surface area contributed by atoms with Crippen molar-refractivity contribution in [3.05, 3.63) is 0 Å². The van der Waals surface area contributed by atoms with Crippen LogP contribution < -0.4 is 0 Å². The lowest BCUT2D eigenvalue weighted by atomic mass is 10.1. The third-order valence-corrected chi connectivity index (χ3v) is 2.40. The van der Waals surface area contributed by atoms with Crippen LogP contribution in [0.2, 0.25) is 0 Å². The van der Waals surface area contributed by atoms with E-state index in [-0.39, 0.29) is 17.6 Å². The van der Waals surface area contributed by atoms with Crippen LogP contribution in [-0.2, 0) is 4.79 Å². The molecule has 0 aromatic rings. The Morgan fingerprint density at radius 3 is 2.58 bits per heavy atom. The molecular formula is C9H16N2O. The number of carbonyl (C=O) groups excluding carboxylic acids is 1. The molecule has 0 aromatic carbocycles. The van der Waals surface area contributed by atoms with Gasteiger partial charge in [0.05, 0.1) is 6.21 Å². The second-order valence-electron chi connectivity index (χ2n) is 3.63. The first-order valence-electron chi connectivity index (χ1n) is 4.40. The maximum atomic E-state index is 11.4. The second-order valence-corrected chi connectivity index (χ2v) is 3.63. The van der Waals surface area contributed by atoms with Crippen LogP contribution in [0.3, 0.4) is 0 Å². The third-order valence-electron chi connectivity index (χ3n) is 2.40. The fraction of sp³-hybridized carbons (Fsp3) is 0.778. The Balaban J connectivity index is 2.90. The van der Waals surface area contributed by atoms with E-state index < -0.39 is 0 Å². The Labute approximate surface area is 73.5 Å². The molecule has 0 fully saturated rings. The van der Waals surface area contributed by atoms with Gasteiger partial charge in [0.25, 0.3) is 5.91 Å². The minimum Gasteiger partial charge on any atom is -0.311 e. The number of nitrogens with zero attached hydrogens (tertiary/aromatic N) is 2. The van der Waals surface area contributed by atoms with Crippen LogP contribution in [-0.4, -0.2) is 28.7 Å². The summed E-state index contributed by atoms with van der Waals surface area (Å²) in [5.41, 5.74) is -0.300. The molecule has 1 rings (SSSR count). The molecule has 0 saturated heterocycles. The maximum Gasteiger partial charge on any atom is 0.266 e. The van der Waals surface area contributed by atoms with Gasteiger partial charge < -0.3 is 4.90 Å². The van der Waals surface area contributed by atoms with Crippen molar-refractivity contribution >= 4 is 12.1 Å². The Hall–Kier alpha value is -0.860. The Morgan fingerprint density at radius 1 is 1.67 bits per heavy atom. The third kappa shape index (κ3) is 1.24. The molecular weight excluding hydrogens is 152 g/mol. The van der Waals surface area contributed by atoms with E-state index in [1.165, 1.54) is 6.21 Å². The molecule has 1 atom stereocenters. The summed E-state index contributed by atoms with van der Waals surface area (Å²) in [6.07, 6.45) is 2.30. The number of carbonyl (C=O) groups is 1. The molecule has 1 aliphatic rings. The van der Waals surface area contributed by atoms with Crippen LogP contribution in [0, 0.1) is 0 Å². The van der Waals surface area contributed by atoms with Gasteiger partial charge in [0, 0.05) is 6.04 Å². The minimum atomic E-state index is -0.300. The second kappa shape index (κ2) is 2.88. The lowest BCUT2D eigenvalue weighted by molar-refractivity contribution is -0.129. The van der Waals surface area contributed by atoms with Gasteiger partial charge in [0.1, 0.15) is 5.66 Å². The van der Waals surface area contributed by atoms with Gasteiger partial charge in [0.2, 0.25) is 0 Å². The maximum absolute atomic E-state index is 11.4. The van der Waals surface area contributed by atoms with E-state index in [1.54, 1.807) is 0 Å². The first-order chi connectivity index (χ1) is 5.51. The molecule has 1 heterocycles. The quantitative estimate of drug-likeness (QED) is 0.614. The minimum absolute atomic E-state index is 0.0364. The SMILES string of the molecule is CCC1(C)N=CC(=O)N1C(C)C. The van der Waals surface area contributed by atoms with E-state index in [1.807, 2.05) is 32.6 Å². The molecule has 3 heteroatoms. The molecule has 0 radical (unpaired) electrons. The van der Waals surface area contributed by atoms with Crippen molar-refractivity contribution in [1.29, 1.82) is 0 Å². The normalized spacial score (nSPS) is 29.1. The Morgan fingerprint density at radius 2 is 2.25 bits per heavy atom. The van der Waals surface area contributed by atoms with Crippen molar-refractivity contribution in [2.45, 2.75) is 45.8 Å². The van der Waals surface area contributed by atoms with Crippen LogP contribution in [0.5, 0.6) is 0 Å². The van der Waals surface area contributed by atoms with Crippen LogP contribution in [0.1, 0.15) is 34.1 Å². The number of hydrogen-bond acceptors (Lipinski definition) is 2. The fourth-order valence-electron chi connectivity index (χ4n) is 1.63. The van der Waals surface area contributed by atoms with Crippen LogP contribution in [0.15, 0.2) is 4.99 Å². The number of aliphatic imine (C=N–C) groups is 1. The summed E-state index contributed by atoms with van der Waals surface area (Å²) in [5.74, 6) is 0.0364. The highest BCUT2D eigenvalue weighted by molar-refractivity contribution is 6.28. The summed E-state index contributed by atoms with van der Waals surface area (Å²) < 4.78 is 0. The van der Waals surface area contributed by atoms with Crippen molar-refractivity contribution in [1.82, 2.24) is 4.90 Å². The van der Waals surface area contributed by atoms with Gasteiger partial charge in [-0.3, -0.25) is 9.79 Å². The first kappa shape index (κ1) is 9.23. The zero-order chi connectivity index (χ0) is 9.35. The van der Waals surface area contributed by atoms with E-state index in [4.69, 9.17) is 0 Å². The van der Waals surface area contributed by atoms with Gasteiger partial charge in [-0.1, -0.05) is 6.92 Å². The Bertz CT molecular complexity index is 223. The number of rotatable bonds is 2. The van der Waals surface area contributed by atoms with Crippen molar-refractivity contribution < 1.29 is 4.79 Å². The fourth-order valence-corrected chi connectivity index (χ4v) is 1.63. The summed E-state index contributed by atoms with van der Waals surface area (Å²) >= 11 is 0. The standard InChI is InChI=1S/C9H16N2O/c1-5-9(4)10-6-8(12)11(9)7(2)3/h6-7H,5H2,1-4H3. The van der Waals surface area contributed by atoms with Crippen LogP contribution >= 0.6 is 0 Å². The van der Waals surface area contributed by atoms with Crippen molar-refractivity contribution in [3.8, 4) is 0 Å². The van der Waals surface area contributed by atoms with Crippen LogP contribution in [0.25, 0.3) is 0 Å². The van der Waals surface area contributed by atoms with E-state index in [9.17, 15) is 4.79 Å². The zero-order valence-corrected chi connectivity index (χ0v) is 8.16. The average molecular weight is 168 g/mol. The smallest absolute Gasteiger partial charge is 0.266 e. The highest BCUT2D eigenvalue weighted by atomic mass is 16.2. The molecule has 3 nitrogen and oxygen atoms in total. The van der Waals surface area contributed by atoms with E-state index in [0.717, 1.165) is 6.42 Å². The molecule has 0 saturated carbocycles. The molecule has 12 heavy (non-hydrogen) atoms. The monoisotopic (exact) mass is 168 g/mol. The largest absolute Gasteiger partial charge is 0.311 e. The summed E-state index contributed by atoms with van der Waals surface area (Å²) in [5, 5.41) is 0. The average Bonchev–Trinajstić information content (AvgIpc) is 2.28. The van der Waals surface area contributed by atoms with Crippen molar-refractivity contribution in [2.75, 3.05) is 0 Å². The lowest BCUT2D eigenvalue weighted by Gasteiger charge is -2.35. The van der Waals surface area contributed by atoms with Gasteiger partial charge in [-0.2, -0.15) is 0 Å². The summed E-state index contributed by atoms with van der Waals surface area (Å²) in [7, 11) is 0. The molecule has 1 aliphatic heterocycles. The molecule has 1 amide bonds. The van der Waals surface area contributed by atoms with E-state index in [2.05, 4.69) is 4.99 Å². The predicted molar refractivity (Wildman–Crippen MR) is 49.2 cm³/mol. The van der Waals surface area contributed by atoms with Gasteiger partial charge in [0.15, 0.2) is 0 Å². The van der Waals surface area contributed by atoms with Gasteiger partial charge >= 0.3 is 0 Å². The highest BCUT2D eigenvalue weighted by Crippen LogP contribution is 2.26. The zero-order valence-electron chi connectivity index (χ0n) is 8.16. The lowest BCUT2D eigenvalue weighted by Crippen LogP contribution is -2.47.